The Labute approximate surface area is 763 Å². The number of fused-ring (bicyclic) bond motifs is 4. The first-order valence-electron chi connectivity index (χ1n) is 47.7. The average molecular weight is 1820 g/mol. The lowest BCUT2D eigenvalue weighted by atomic mass is 9.93. The lowest BCUT2D eigenvalue weighted by Crippen LogP contribution is -2.55. The standard InChI is InChI=1S/C57H77F2N7O12.C38H46F2N6O6/c1-15-34(21-48(69)30(3)63(13)54(73)77-56(7,8)9)52(71)65-28-39(75-32(5)67)24-37(65)26-43-41-19-17-35(58)22-46(41)60-49(43)50-44(42-20-18-36(59)23-47(42)61-50)27-38-25-40(76-33(6)68)29-66(38)53(72)45(16-2)62-51(70)31(4)64(14)55(74)78-57(10,11)12;1-5-31(41)37(49)45-17-25(51-19(3)47)13-23(45)15-29-27-9-7-21(39)11-33(27)43-35(29)36-30(28-10-8-22(40)12-34(28)44-36)16-24-14-26(52-20(4)48)18-46(24)38(50)32(42)6-2/h17-20,22-23,30-31,34,37-40,45,60-61H,15-16,21,24-29H2,1-14H3,(H,62,70);7-12,23-26,31-32,43-44H,5-6,13-18,41-42H2,1-4H3/t30-,31-,34+,37-,38-,39-,40-,45-;23-,24-,25-,26-,31-,32-/m00/s1/i26D2,27D2;15D2,16D2. The molecule has 31 nitrogen and oxygen atoms in total. The maximum Gasteiger partial charge on any atom is 0.410 e. The summed E-state index contributed by atoms with van der Waals surface area (Å²) in [7, 11) is 2.75. The van der Waals surface area contributed by atoms with Gasteiger partial charge in [0, 0.05) is 159 Å². The van der Waals surface area contributed by atoms with Crippen molar-refractivity contribution in [2.24, 2.45) is 17.4 Å². The number of nitrogens with zero attached hydrogens (tertiary/aromatic N) is 6. The molecule has 0 aliphatic carbocycles. The van der Waals surface area contributed by atoms with Gasteiger partial charge in [0.2, 0.25) is 29.5 Å². The number of benzene rings is 4. The zero-order valence-electron chi connectivity index (χ0n) is 84.4. The SMILES string of the molecule is [2H]C([2H])(c1c(-c2[nH]c3cc(F)ccc3c2C([2H])([2H])[C@@H]2C[C@H](OC(C)=O)CN2C(=O)[C@@H](N)CC)[nH]c2cc(F)ccc12)[C@@H]1C[C@H](OC(C)=O)CN1C(=O)[C@@H](N)CC.[2H]C([2H])(c1c(-c2[nH]c3cc(F)ccc3c2C([2H])([2H])[C@@H]2C[C@H](OC(C)=O)CN2C(=O)[C@H](CC)NC(=O)[C@H](C)N(C)C(=O)OC(C)(C)C)[nH]c2cc(F)ccc12)[C@@H]1C[C@H](OC(C)=O)CN1C(=O)[C@H](CC)CC(=O)[C@H](C)N(C)C(=O)OC(C)(C)C. The Morgan fingerprint density at radius 2 is 0.715 bits per heavy atom. The fourth-order valence-electron chi connectivity index (χ4n) is 16.7. The molecular weight excluding hydrogens is 1690 g/mol. The second-order valence-electron chi connectivity index (χ2n) is 35.5. The van der Waals surface area contributed by atoms with E-state index in [0.717, 1.165) is 77.1 Å². The summed E-state index contributed by atoms with van der Waals surface area (Å²) in [5.41, 5.74) is 9.87. The Kier molecular flexibility index (Phi) is 27.6. The van der Waals surface area contributed by atoms with Crippen LogP contribution in [-0.2, 0) is 102 Å². The van der Waals surface area contributed by atoms with Crippen molar-refractivity contribution < 1.29 is 114 Å². The molecule has 0 spiro atoms. The van der Waals surface area contributed by atoms with Crippen molar-refractivity contribution in [3.63, 3.8) is 0 Å². The van der Waals surface area contributed by atoms with Crippen LogP contribution >= 0.6 is 0 Å². The number of aromatic amines is 4. The van der Waals surface area contributed by atoms with E-state index in [9.17, 15) is 77.3 Å². The van der Waals surface area contributed by atoms with Crippen LogP contribution in [0.5, 0.6) is 0 Å². The number of H-pyrrole nitrogens is 4. The first-order valence-corrected chi connectivity index (χ1v) is 43.7. The van der Waals surface area contributed by atoms with Gasteiger partial charge in [-0.05, 0) is 202 Å². The van der Waals surface area contributed by atoms with Crippen LogP contribution in [-0.4, -0.2) is 251 Å². The van der Waals surface area contributed by atoms with Gasteiger partial charge in [0.25, 0.3) is 0 Å². The van der Waals surface area contributed by atoms with Gasteiger partial charge in [-0.15, -0.1) is 0 Å². The minimum atomic E-state index is -2.75. The highest BCUT2D eigenvalue weighted by Gasteiger charge is 2.47. The molecule has 12 rings (SSSR count). The second-order valence-corrected chi connectivity index (χ2v) is 35.5. The highest BCUT2D eigenvalue weighted by atomic mass is 19.1. The van der Waals surface area contributed by atoms with Crippen molar-refractivity contribution in [3.8, 4) is 22.8 Å². The molecule has 14 atom stereocenters. The molecule has 0 bridgehead atoms. The summed E-state index contributed by atoms with van der Waals surface area (Å²) in [5, 5.41) is 3.25. The van der Waals surface area contributed by atoms with Gasteiger partial charge in [0.15, 0.2) is 5.78 Å². The van der Waals surface area contributed by atoms with Gasteiger partial charge in [0.05, 0.1) is 67.1 Å². The number of likely N-dealkylation sites (N-methyl/N-ethyl adjacent to an activating group) is 2. The molecule has 0 unspecified atom stereocenters. The van der Waals surface area contributed by atoms with Gasteiger partial charge in [-0.1, -0.05) is 27.7 Å². The van der Waals surface area contributed by atoms with Gasteiger partial charge >= 0.3 is 36.1 Å². The highest BCUT2D eigenvalue weighted by molar-refractivity contribution is 6.00. The molecule has 0 saturated carbocycles. The van der Waals surface area contributed by atoms with Gasteiger partial charge in [0.1, 0.15) is 71.0 Å². The van der Waals surface area contributed by atoms with E-state index in [4.69, 9.17) is 39.9 Å². The summed E-state index contributed by atoms with van der Waals surface area (Å²) in [6, 6.07) is 3.24. The van der Waals surface area contributed by atoms with E-state index in [1.165, 1.54) is 80.8 Å². The first kappa shape index (κ1) is 87.4. The van der Waals surface area contributed by atoms with E-state index in [1.54, 1.807) is 69.2 Å². The van der Waals surface area contributed by atoms with Gasteiger partial charge in [-0.3, -0.25) is 52.8 Å². The van der Waals surface area contributed by atoms with E-state index < -0.39 is 216 Å². The molecule has 704 valence electrons. The topological polar surface area (TPSA) is 407 Å². The van der Waals surface area contributed by atoms with Crippen molar-refractivity contribution in [3.05, 3.63) is 118 Å². The predicted molar refractivity (Wildman–Crippen MR) is 478 cm³/mol. The van der Waals surface area contributed by atoms with Crippen LogP contribution in [0.4, 0.5) is 27.2 Å². The Morgan fingerprint density at radius 1 is 0.438 bits per heavy atom. The largest absolute Gasteiger partial charge is 0.461 e. The number of ether oxygens (including phenoxy) is 6. The van der Waals surface area contributed by atoms with Crippen LogP contribution in [0, 0.1) is 29.2 Å². The molecule has 8 aromatic rings. The lowest BCUT2D eigenvalue weighted by Gasteiger charge is -2.31. The number of likely N-dealkylation sites (tertiary alicyclic amines) is 4. The van der Waals surface area contributed by atoms with Crippen molar-refractivity contribution >= 4 is 115 Å². The Balaban J connectivity index is 0.000000283. The molecule has 8 heterocycles. The molecule has 35 heteroatoms. The zero-order chi connectivity index (χ0) is 102. The van der Waals surface area contributed by atoms with E-state index in [-0.39, 0.29) is 173 Å². The Morgan fingerprint density at radius 3 is 0.977 bits per heavy atom. The number of nitrogens with two attached hydrogens (primary N) is 2. The van der Waals surface area contributed by atoms with Crippen LogP contribution in [0.15, 0.2) is 72.8 Å². The van der Waals surface area contributed by atoms with Crippen LogP contribution in [0.25, 0.3) is 66.4 Å². The third-order valence-electron chi connectivity index (χ3n) is 23.5. The number of amides is 7. The number of rotatable bonds is 29. The van der Waals surface area contributed by atoms with Crippen molar-refractivity contribution in [1.82, 2.24) is 54.7 Å². The number of Topliss-reactive ketones (excluding diaryl/α,β-unsaturated/α-hetero) is 1. The number of hydrogen-bond acceptors (Lipinski definition) is 20. The summed E-state index contributed by atoms with van der Waals surface area (Å²) < 4.78 is 174. The summed E-state index contributed by atoms with van der Waals surface area (Å²) in [6.07, 6.45) is -16.6. The molecule has 4 fully saturated rings. The van der Waals surface area contributed by atoms with Gasteiger partial charge in [-0.25, -0.2) is 27.2 Å². The smallest absolute Gasteiger partial charge is 0.410 e. The van der Waals surface area contributed by atoms with E-state index in [1.807, 2.05) is 0 Å². The van der Waals surface area contributed by atoms with Gasteiger partial charge < -0.3 is 89.6 Å². The fraction of sp³-hybridized carbons (Fsp3) is 0.537. The third kappa shape index (κ3) is 23.1. The second kappa shape index (κ2) is 41.1. The van der Waals surface area contributed by atoms with Gasteiger partial charge in [-0.2, -0.15) is 0 Å². The fourth-order valence-corrected chi connectivity index (χ4v) is 16.7. The molecule has 7 amide bonds. The number of carbonyl (C=O) groups is 12. The molecule has 4 aromatic carbocycles. The number of esters is 4. The van der Waals surface area contributed by atoms with Crippen LogP contribution < -0.4 is 16.8 Å². The molecule has 0 radical (unpaired) electrons. The summed E-state index contributed by atoms with van der Waals surface area (Å²) in [6.45, 7) is 23.4. The quantitative estimate of drug-likeness (QED) is 0.0130. The summed E-state index contributed by atoms with van der Waals surface area (Å²) in [5.74, 6) is -10.4. The van der Waals surface area contributed by atoms with E-state index in [2.05, 4.69) is 25.3 Å². The average Bonchev–Trinajstić information content (AvgIpc) is 1.56. The maximum absolute atomic E-state index is 15.4. The van der Waals surface area contributed by atoms with Crippen molar-refractivity contribution in [1.29, 1.82) is 0 Å². The third-order valence-corrected chi connectivity index (χ3v) is 23.5. The normalized spacial score (nSPS) is 21.5. The van der Waals surface area contributed by atoms with Crippen molar-refractivity contribution in [2.45, 2.75) is 284 Å². The number of carbonyl (C=O) groups excluding carboxylic acids is 12. The van der Waals surface area contributed by atoms with E-state index >= 15 is 8.78 Å². The summed E-state index contributed by atoms with van der Waals surface area (Å²) in [4.78, 5) is 179. The van der Waals surface area contributed by atoms with Crippen LogP contribution in [0.3, 0.4) is 0 Å². The first-order chi connectivity index (χ1) is 64.2. The van der Waals surface area contributed by atoms with E-state index in [0.29, 0.717) is 0 Å². The molecule has 4 aliphatic rings. The molecule has 4 aliphatic heterocycles. The molecule has 9 N–H and O–H groups in total. The number of halogens is 4. The zero-order valence-corrected chi connectivity index (χ0v) is 76.4. The molecular formula is C95H123F4N13O18. The molecule has 4 saturated heterocycles. The Bertz CT molecular complexity index is 5660. The van der Waals surface area contributed by atoms with Crippen molar-refractivity contribution in [2.75, 3.05) is 40.3 Å². The lowest BCUT2D eigenvalue weighted by molar-refractivity contribution is -0.147. The monoisotopic (exact) mass is 1820 g/mol. The number of aromatic nitrogens is 4. The highest BCUT2D eigenvalue weighted by Crippen LogP contribution is 2.44. The van der Waals surface area contributed by atoms with Crippen LogP contribution in [0.2, 0.25) is 0 Å². The maximum atomic E-state index is 15.4. The minimum Gasteiger partial charge on any atom is -0.461 e. The minimum absolute atomic E-state index is 0.0154. The number of nitrogens with one attached hydrogen (secondary N) is 5. The molecule has 4 aromatic heterocycles. The Hall–Kier alpha value is -11.9. The predicted octanol–water partition coefficient (Wildman–Crippen LogP) is 12.4. The summed E-state index contributed by atoms with van der Waals surface area (Å²) >= 11 is 0. The number of hydrogen-bond donors (Lipinski definition) is 7. The van der Waals surface area contributed by atoms with Crippen LogP contribution in [0.1, 0.15) is 202 Å². The number of ketones is 1. The molecule has 130 heavy (non-hydrogen) atoms.